The maximum absolute atomic E-state index is 5.59. The lowest BCUT2D eigenvalue weighted by Gasteiger charge is -2.35. The SMILES string of the molecule is CCc1ccc2nc(N3CCN(CCCN)CC3)ccc2c1. The van der Waals surface area contributed by atoms with Crippen LogP contribution >= 0.6 is 0 Å². The van der Waals surface area contributed by atoms with Crippen LogP contribution in [0.5, 0.6) is 0 Å². The summed E-state index contributed by atoms with van der Waals surface area (Å²) < 4.78 is 0. The van der Waals surface area contributed by atoms with Crippen LogP contribution in [0.3, 0.4) is 0 Å². The number of fused-ring (bicyclic) bond motifs is 1. The third-order valence-electron chi connectivity index (χ3n) is 4.52. The molecule has 118 valence electrons. The molecule has 1 aliphatic heterocycles. The molecule has 3 rings (SSSR count). The number of aromatic nitrogens is 1. The van der Waals surface area contributed by atoms with Gasteiger partial charge in [-0.1, -0.05) is 13.0 Å². The second kappa shape index (κ2) is 7.07. The Bertz CT molecular complexity index is 618. The van der Waals surface area contributed by atoms with E-state index < -0.39 is 0 Å². The lowest BCUT2D eigenvalue weighted by atomic mass is 10.1. The van der Waals surface area contributed by atoms with Gasteiger partial charge in [-0.3, -0.25) is 4.90 Å². The summed E-state index contributed by atoms with van der Waals surface area (Å²) in [6.07, 6.45) is 2.16. The van der Waals surface area contributed by atoms with E-state index in [4.69, 9.17) is 10.7 Å². The van der Waals surface area contributed by atoms with Gasteiger partial charge in [0, 0.05) is 31.6 Å². The van der Waals surface area contributed by atoms with Crippen LogP contribution in [0, 0.1) is 0 Å². The van der Waals surface area contributed by atoms with Gasteiger partial charge in [0.2, 0.25) is 0 Å². The van der Waals surface area contributed by atoms with Gasteiger partial charge in [-0.2, -0.15) is 0 Å². The van der Waals surface area contributed by atoms with Crippen LogP contribution in [0.15, 0.2) is 30.3 Å². The largest absolute Gasteiger partial charge is 0.354 e. The highest BCUT2D eigenvalue weighted by molar-refractivity contribution is 5.81. The Morgan fingerprint density at radius 2 is 1.91 bits per heavy atom. The number of benzene rings is 1. The predicted molar refractivity (Wildman–Crippen MR) is 93.4 cm³/mol. The zero-order valence-electron chi connectivity index (χ0n) is 13.5. The Morgan fingerprint density at radius 3 is 2.64 bits per heavy atom. The average molecular weight is 298 g/mol. The number of nitrogens with two attached hydrogens (primary N) is 1. The number of hydrogen-bond acceptors (Lipinski definition) is 4. The van der Waals surface area contributed by atoms with Crippen molar-refractivity contribution in [1.29, 1.82) is 0 Å². The first-order valence-corrected chi connectivity index (χ1v) is 8.37. The first-order valence-electron chi connectivity index (χ1n) is 8.37. The molecule has 1 saturated heterocycles. The molecule has 0 aliphatic carbocycles. The quantitative estimate of drug-likeness (QED) is 0.920. The summed E-state index contributed by atoms with van der Waals surface area (Å²) in [5, 5.41) is 1.24. The molecule has 0 saturated carbocycles. The molecule has 0 radical (unpaired) electrons. The van der Waals surface area contributed by atoms with Crippen LogP contribution in [-0.2, 0) is 6.42 Å². The molecule has 2 heterocycles. The summed E-state index contributed by atoms with van der Waals surface area (Å²) in [5.41, 5.74) is 8.06. The smallest absolute Gasteiger partial charge is 0.129 e. The number of anilines is 1. The van der Waals surface area contributed by atoms with E-state index in [-0.39, 0.29) is 0 Å². The normalized spacial score (nSPS) is 16.4. The molecular formula is C18H26N4. The van der Waals surface area contributed by atoms with Gasteiger partial charge in [0.25, 0.3) is 0 Å². The van der Waals surface area contributed by atoms with Crippen molar-refractivity contribution < 1.29 is 0 Å². The molecule has 0 unspecified atom stereocenters. The molecule has 1 aromatic carbocycles. The number of hydrogen-bond donors (Lipinski definition) is 1. The van der Waals surface area contributed by atoms with Gasteiger partial charge in [0.15, 0.2) is 0 Å². The van der Waals surface area contributed by atoms with Gasteiger partial charge in [0.1, 0.15) is 5.82 Å². The number of piperazine rings is 1. The van der Waals surface area contributed by atoms with E-state index in [2.05, 4.69) is 47.1 Å². The average Bonchev–Trinajstić information content (AvgIpc) is 2.59. The van der Waals surface area contributed by atoms with Crippen molar-refractivity contribution in [2.45, 2.75) is 19.8 Å². The van der Waals surface area contributed by atoms with Crippen molar-refractivity contribution in [2.75, 3.05) is 44.2 Å². The van der Waals surface area contributed by atoms with E-state index in [1.807, 2.05) is 0 Å². The Labute approximate surface area is 132 Å². The fourth-order valence-corrected chi connectivity index (χ4v) is 3.08. The molecule has 4 nitrogen and oxygen atoms in total. The minimum absolute atomic E-state index is 0.784. The first kappa shape index (κ1) is 15.3. The summed E-state index contributed by atoms with van der Waals surface area (Å²) in [6, 6.07) is 10.9. The molecule has 1 fully saturated rings. The minimum Gasteiger partial charge on any atom is -0.354 e. The van der Waals surface area contributed by atoms with Crippen molar-refractivity contribution >= 4 is 16.7 Å². The number of rotatable bonds is 5. The highest BCUT2D eigenvalue weighted by atomic mass is 15.3. The van der Waals surface area contributed by atoms with E-state index in [1.54, 1.807) is 0 Å². The van der Waals surface area contributed by atoms with E-state index >= 15 is 0 Å². The van der Waals surface area contributed by atoms with E-state index in [0.29, 0.717) is 0 Å². The Balaban J connectivity index is 1.69. The molecule has 22 heavy (non-hydrogen) atoms. The van der Waals surface area contributed by atoms with Gasteiger partial charge in [-0.15, -0.1) is 0 Å². The zero-order valence-corrected chi connectivity index (χ0v) is 13.5. The third-order valence-corrected chi connectivity index (χ3v) is 4.52. The van der Waals surface area contributed by atoms with Crippen LogP contribution in [0.2, 0.25) is 0 Å². The number of pyridine rings is 1. The minimum atomic E-state index is 0.784. The van der Waals surface area contributed by atoms with Crippen molar-refractivity contribution in [3.63, 3.8) is 0 Å². The summed E-state index contributed by atoms with van der Waals surface area (Å²) in [5.74, 6) is 1.11. The van der Waals surface area contributed by atoms with Crippen molar-refractivity contribution in [1.82, 2.24) is 9.88 Å². The lowest BCUT2D eigenvalue weighted by Crippen LogP contribution is -2.47. The highest BCUT2D eigenvalue weighted by Gasteiger charge is 2.17. The van der Waals surface area contributed by atoms with Crippen LogP contribution < -0.4 is 10.6 Å². The molecule has 0 amide bonds. The van der Waals surface area contributed by atoms with Gasteiger partial charge >= 0.3 is 0 Å². The highest BCUT2D eigenvalue weighted by Crippen LogP contribution is 2.20. The van der Waals surface area contributed by atoms with Gasteiger partial charge < -0.3 is 10.6 Å². The fourth-order valence-electron chi connectivity index (χ4n) is 3.08. The molecule has 2 aromatic rings. The molecule has 0 bridgehead atoms. The van der Waals surface area contributed by atoms with E-state index in [9.17, 15) is 0 Å². The maximum Gasteiger partial charge on any atom is 0.129 e. The summed E-state index contributed by atoms with van der Waals surface area (Å²) in [7, 11) is 0. The first-order chi connectivity index (χ1) is 10.8. The second-order valence-corrected chi connectivity index (χ2v) is 6.02. The van der Waals surface area contributed by atoms with Crippen LogP contribution in [0.1, 0.15) is 18.9 Å². The molecule has 0 atom stereocenters. The Morgan fingerprint density at radius 1 is 1.09 bits per heavy atom. The molecule has 1 aliphatic rings. The lowest BCUT2D eigenvalue weighted by molar-refractivity contribution is 0.256. The van der Waals surface area contributed by atoms with Crippen molar-refractivity contribution in [2.24, 2.45) is 5.73 Å². The summed E-state index contributed by atoms with van der Waals surface area (Å²) in [4.78, 5) is 9.74. The van der Waals surface area contributed by atoms with Crippen LogP contribution in [0.4, 0.5) is 5.82 Å². The number of aryl methyl sites for hydroxylation is 1. The standard InChI is InChI=1S/C18H26N4/c1-2-15-4-6-17-16(14-15)5-7-18(20-17)22-12-10-21(11-13-22)9-3-8-19/h4-7,14H,2-3,8-13,19H2,1H3. The topological polar surface area (TPSA) is 45.4 Å². The molecular weight excluding hydrogens is 272 g/mol. The van der Waals surface area contributed by atoms with Gasteiger partial charge in [-0.05, 0) is 55.8 Å². The van der Waals surface area contributed by atoms with Crippen molar-refractivity contribution in [3.8, 4) is 0 Å². The maximum atomic E-state index is 5.59. The van der Waals surface area contributed by atoms with Crippen LogP contribution in [-0.4, -0.2) is 49.2 Å². The molecule has 4 heteroatoms. The molecule has 2 N–H and O–H groups in total. The predicted octanol–water partition coefficient (Wildman–Crippen LogP) is 2.27. The Kier molecular flexibility index (Phi) is 4.90. The molecule has 0 spiro atoms. The van der Waals surface area contributed by atoms with Crippen molar-refractivity contribution in [3.05, 3.63) is 35.9 Å². The second-order valence-electron chi connectivity index (χ2n) is 6.02. The number of nitrogens with zero attached hydrogens (tertiary/aromatic N) is 3. The monoisotopic (exact) mass is 298 g/mol. The van der Waals surface area contributed by atoms with Crippen LogP contribution in [0.25, 0.3) is 10.9 Å². The van der Waals surface area contributed by atoms with E-state index in [0.717, 1.165) is 63.4 Å². The molecule has 1 aromatic heterocycles. The third kappa shape index (κ3) is 3.39. The van der Waals surface area contributed by atoms with E-state index in [1.165, 1.54) is 10.9 Å². The summed E-state index contributed by atoms with van der Waals surface area (Å²) in [6.45, 7) is 8.41. The van der Waals surface area contributed by atoms with Gasteiger partial charge in [-0.25, -0.2) is 4.98 Å². The van der Waals surface area contributed by atoms with Gasteiger partial charge in [0.05, 0.1) is 5.52 Å². The zero-order chi connectivity index (χ0) is 15.4. The fraction of sp³-hybridized carbons (Fsp3) is 0.500. The summed E-state index contributed by atoms with van der Waals surface area (Å²) >= 11 is 0. The Hall–Kier alpha value is -1.65.